The van der Waals surface area contributed by atoms with Gasteiger partial charge in [0.2, 0.25) is 0 Å². The maximum Gasteiger partial charge on any atom is 0.341 e. The van der Waals surface area contributed by atoms with E-state index in [0.29, 0.717) is 23.7 Å². The van der Waals surface area contributed by atoms with Gasteiger partial charge < -0.3 is 24.1 Å². The van der Waals surface area contributed by atoms with Crippen molar-refractivity contribution < 1.29 is 43.2 Å². The van der Waals surface area contributed by atoms with Crippen molar-refractivity contribution in [2.45, 2.75) is 19.9 Å². The van der Waals surface area contributed by atoms with Crippen LogP contribution in [0.25, 0.3) is 6.08 Å². The molecule has 0 unspecified atom stereocenters. The Labute approximate surface area is 217 Å². The molecule has 3 rings (SSSR count). The number of nitrogens with one attached hydrogen (secondary N) is 1. The van der Waals surface area contributed by atoms with Gasteiger partial charge >= 0.3 is 12.0 Å². The van der Waals surface area contributed by atoms with Crippen molar-refractivity contribution in [3.63, 3.8) is 0 Å². The van der Waals surface area contributed by atoms with E-state index in [1.165, 1.54) is 32.4 Å². The number of carbonyl (C=O) groups is 4. The van der Waals surface area contributed by atoms with Crippen LogP contribution in [0.3, 0.4) is 0 Å². The molecule has 2 N–H and O–H groups in total. The summed E-state index contributed by atoms with van der Waals surface area (Å²) >= 11 is 6.22. The molecule has 2 aromatic carbocycles. The number of ether oxygens (including phenoxy) is 4. The topological polar surface area (TPSA) is 141 Å². The minimum Gasteiger partial charge on any atom is -0.493 e. The van der Waals surface area contributed by atoms with Gasteiger partial charge in [0.15, 0.2) is 29.6 Å². The molecule has 4 amide bonds. The molecule has 11 nitrogen and oxygen atoms in total. The first-order valence-corrected chi connectivity index (χ1v) is 11.5. The summed E-state index contributed by atoms with van der Waals surface area (Å²) < 4.78 is 21.4. The number of urea groups is 1. The molecule has 0 atom stereocenters. The molecular weight excluding hydrogens is 508 g/mol. The number of barbiturate groups is 1. The highest BCUT2D eigenvalue weighted by Crippen LogP contribution is 2.37. The summed E-state index contributed by atoms with van der Waals surface area (Å²) in [6.07, 6.45) is 2.06. The number of carboxylic acids is 1. The SMILES string of the molecule is CCCOc1ccc(CN2C(=O)NC(=O)/C(=C\c3cc(Cl)c(OCC(=O)O)c(OC)c3)C2=O)cc1OC. The first kappa shape index (κ1) is 27.3. The van der Waals surface area contributed by atoms with Crippen LogP contribution in [0.15, 0.2) is 35.9 Å². The Kier molecular flexibility index (Phi) is 8.96. The number of carbonyl (C=O) groups excluding carboxylic acids is 3. The largest absolute Gasteiger partial charge is 0.493 e. The fraction of sp³-hybridized carbons (Fsp3) is 0.280. The van der Waals surface area contributed by atoms with Crippen LogP contribution in [0.2, 0.25) is 5.02 Å². The molecule has 1 saturated heterocycles. The van der Waals surface area contributed by atoms with E-state index in [0.717, 1.165) is 11.3 Å². The summed E-state index contributed by atoms with van der Waals surface area (Å²) in [6, 6.07) is 6.93. The monoisotopic (exact) mass is 532 g/mol. The number of amides is 4. The fourth-order valence-corrected chi connectivity index (χ4v) is 3.70. The van der Waals surface area contributed by atoms with Crippen molar-refractivity contribution in [1.29, 1.82) is 0 Å². The van der Waals surface area contributed by atoms with E-state index in [1.807, 2.05) is 6.92 Å². The smallest absolute Gasteiger partial charge is 0.341 e. The van der Waals surface area contributed by atoms with Crippen LogP contribution in [0.5, 0.6) is 23.0 Å². The highest BCUT2D eigenvalue weighted by Gasteiger charge is 2.36. The minimum absolute atomic E-state index is 0.00141. The molecule has 12 heteroatoms. The number of hydrogen-bond acceptors (Lipinski definition) is 8. The molecule has 0 spiro atoms. The maximum absolute atomic E-state index is 13.2. The Morgan fingerprint density at radius 2 is 1.78 bits per heavy atom. The number of aliphatic carboxylic acids is 1. The predicted octanol–water partition coefficient (Wildman–Crippen LogP) is 3.27. The summed E-state index contributed by atoms with van der Waals surface area (Å²) in [6.45, 7) is 1.69. The number of methoxy groups -OCH3 is 2. The highest BCUT2D eigenvalue weighted by atomic mass is 35.5. The zero-order valence-corrected chi connectivity index (χ0v) is 21.1. The van der Waals surface area contributed by atoms with E-state index in [1.54, 1.807) is 18.2 Å². The molecule has 1 fully saturated rings. The second-order valence-electron chi connectivity index (χ2n) is 7.76. The number of nitrogens with zero attached hydrogens (tertiary/aromatic N) is 1. The van der Waals surface area contributed by atoms with Gasteiger partial charge in [0.05, 0.1) is 32.4 Å². The van der Waals surface area contributed by atoms with E-state index in [2.05, 4.69) is 5.32 Å². The lowest BCUT2D eigenvalue weighted by Crippen LogP contribution is -2.53. The number of halogens is 1. The maximum atomic E-state index is 13.2. The molecule has 1 aliphatic heterocycles. The van der Waals surface area contributed by atoms with Gasteiger partial charge in [0, 0.05) is 0 Å². The van der Waals surface area contributed by atoms with Crippen LogP contribution in [0, 0.1) is 0 Å². The zero-order valence-electron chi connectivity index (χ0n) is 20.3. The van der Waals surface area contributed by atoms with Gasteiger partial charge in [-0.1, -0.05) is 24.6 Å². The van der Waals surface area contributed by atoms with Crippen molar-refractivity contribution in [2.24, 2.45) is 0 Å². The molecule has 196 valence electrons. The summed E-state index contributed by atoms with van der Waals surface area (Å²) in [5.74, 6) is -1.86. The second-order valence-corrected chi connectivity index (χ2v) is 8.17. The van der Waals surface area contributed by atoms with Gasteiger partial charge in [0.1, 0.15) is 5.57 Å². The lowest BCUT2D eigenvalue weighted by atomic mass is 10.1. The van der Waals surface area contributed by atoms with Gasteiger partial charge in [-0.25, -0.2) is 9.59 Å². The Bertz CT molecular complexity index is 1260. The van der Waals surface area contributed by atoms with Crippen molar-refractivity contribution in [1.82, 2.24) is 10.2 Å². The van der Waals surface area contributed by atoms with Crippen LogP contribution in [0.1, 0.15) is 24.5 Å². The van der Waals surface area contributed by atoms with Crippen LogP contribution in [-0.2, 0) is 20.9 Å². The standard InChI is InChI=1S/C25H25ClN2O9/c1-4-7-36-18-6-5-14(10-19(18)34-2)12-28-24(32)16(23(31)27-25(28)33)8-15-9-17(26)22(20(11-15)35-3)37-13-21(29)30/h5-6,8-11H,4,7,12-13H2,1-3H3,(H,29,30)(H,27,31,33)/b16-8+. The third-order valence-corrected chi connectivity index (χ3v) is 5.40. The van der Waals surface area contributed by atoms with Gasteiger partial charge in [-0.2, -0.15) is 0 Å². The zero-order chi connectivity index (χ0) is 27.1. The third kappa shape index (κ3) is 6.50. The molecular formula is C25H25ClN2O9. The lowest BCUT2D eigenvalue weighted by Gasteiger charge is -2.26. The molecule has 1 aliphatic rings. The minimum atomic E-state index is -1.21. The van der Waals surface area contributed by atoms with E-state index in [9.17, 15) is 19.2 Å². The van der Waals surface area contributed by atoms with E-state index in [4.69, 9.17) is 35.7 Å². The second kappa shape index (κ2) is 12.1. The van der Waals surface area contributed by atoms with Crippen molar-refractivity contribution in [3.05, 3.63) is 52.1 Å². The Hall–Kier alpha value is -4.25. The van der Waals surface area contributed by atoms with Gasteiger partial charge in [0.25, 0.3) is 11.8 Å². The number of carboxylic acid groups (broad SMARTS) is 1. The van der Waals surface area contributed by atoms with E-state index < -0.39 is 30.4 Å². The van der Waals surface area contributed by atoms with Gasteiger partial charge in [-0.3, -0.25) is 19.8 Å². The third-order valence-electron chi connectivity index (χ3n) is 5.12. The summed E-state index contributed by atoms with van der Waals surface area (Å²) in [7, 11) is 2.80. The van der Waals surface area contributed by atoms with Crippen molar-refractivity contribution in [3.8, 4) is 23.0 Å². The summed E-state index contributed by atoms with van der Waals surface area (Å²) in [4.78, 5) is 49.9. The van der Waals surface area contributed by atoms with Crippen molar-refractivity contribution in [2.75, 3.05) is 27.4 Å². The number of benzene rings is 2. The molecule has 0 aromatic heterocycles. The summed E-state index contributed by atoms with van der Waals surface area (Å²) in [5, 5.41) is 11.0. The van der Waals surface area contributed by atoms with E-state index in [-0.39, 0.29) is 34.2 Å². The lowest BCUT2D eigenvalue weighted by molar-refractivity contribution is -0.139. The van der Waals surface area contributed by atoms with Crippen LogP contribution in [0.4, 0.5) is 4.79 Å². The highest BCUT2D eigenvalue weighted by molar-refractivity contribution is 6.33. The normalized spacial score (nSPS) is 14.4. The molecule has 1 heterocycles. The van der Waals surface area contributed by atoms with Crippen LogP contribution < -0.4 is 24.3 Å². The molecule has 0 saturated carbocycles. The molecule has 2 aromatic rings. The number of rotatable bonds is 11. The average Bonchev–Trinajstić information content (AvgIpc) is 2.86. The quantitative estimate of drug-likeness (QED) is 0.329. The Morgan fingerprint density at radius 1 is 1.05 bits per heavy atom. The Balaban J connectivity index is 1.89. The van der Waals surface area contributed by atoms with Crippen LogP contribution in [-0.4, -0.2) is 61.3 Å². The molecule has 0 bridgehead atoms. The van der Waals surface area contributed by atoms with Gasteiger partial charge in [-0.05, 0) is 47.9 Å². The van der Waals surface area contributed by atoms with E-state index >= 15 is 0 Å². The predicted molar refractivity (Wildman–Crippen MR) is 132 cm³/mol. The van der Waals surface area contributed by atoms with Crippen LogP contribution >= 0.6 is 11.6 Å². The summed E-state index contributed by atoms with van der Waals surface area (Å²) in [5.41, 5.74) is 0.547. The molecule has 0 radical (unpaired) electrons. The number of imide groups is 2. The first-order chi connectivity index (χ1) is 17.7. The molecule has 37 heavy (non-hydrogen) atoms. The van der Waals surface area contributed by atoms with Crippen molar-refractivity contribution >= 4 is 41.5 Å². The Morgan fingerprint density at radius 3 is 2.43 bits per heavy atom. The van der Waals surface area contributed by atoms with Gasteiger partial charge in [-0.15, -0.1) is 0 Å². The number of hydrogen-bond donors (Lipinski definition) is 2. The average molecular weight is 533 g/mol. The first-order valence-electron chi connectivity index (χ1n) is 11.1. The fourth-order valence-electron chi connectivity index (χ4n) is 3.43. The molecule has 0 aliphatic carbocycles.